The van der Waals surface area contributed by atoms with E-state index in [1.165, 1.54) is 0 Å². The molecular formula is C19H21N3O2S. The topological polar surface area (TPSA) is 75.1 Å². The van der Waals surface area contributed by atoms with Gasteiger partial charge in [0.1, 0.15) is 22.5 Å². The molecule has 0 saturated carbocycles. The number of carbonyl (C=O) groups is 1. The normalized spacial score (nSPS) is 12.5. The molecule has 2 N–H and O–H groups in total. The van der Waals surface area contributed by atoms with Gasteiger partial charge in [0.25, 0.3) is 0 Å². The fourth-order valence-corrected chi connectivity index (χ4v) is 3.82. The molecule has 0 fully saturated rings. The molecule has 0 saturated heterocycles. The standard InChI is InChI=1S/C19H21N3O2S/c1-11(2)9-15(19(23)24)22-17-14-10-16(13-7-5-4-6-8-13)25-18(14)21-12(3)20-17/h4-8,10-11,15H,9H2,1-3H3,(H,23,24)(H,20,21,22). The van der Waals surface area contributed by atoms with Crippen LogP contribution in [0.3, 0.4) is 0 Å². The lowest BCUT2D eigenvalue weighted by Gasteiger charge is -2.17. The van der Waals surface area contributed by atoms with Crippen molar-refractivity contribution in [3.8, 4) is 10.4 Å². The molecule has 6 heteroatoms. The molecule has 2 heterocycles. The highest BCUT2D eigenvalue weighted by Gasteiger charge is 2.21. The van der Waals surface area contributed by atoms with Crippen LogP contribution < -0.4 is 5.32 Å². The van der Waals surface area contributed by atoms with E-state index >= 15 is 0 Å². The second-order valence-electron chi connectivity index (χ2n) is 6.48. The van der Waals surface area contributed by atoms with Gasteiger partial charge >= 0.3 is 5.97 Å². The van der Waals surface area contributed by atoms with Crippen LogP contribution in [-0.4, -0.2) is 27.1 Å². The third-order valence-corrected chi connectivity index (χ3v) is 4.96. The van der Waals surface area contributed by atoms with Gasteiger partial charge in [0.15, 0.2) is 0 Å². The number of fused-ring (bicyclic) bond motifs is 1. The summed E-state index contributed by atoms with van der Waals surface area (Å²) in [6, 6.07) is 11.5. The number of carboxylic acids is 1. The summed E-state index contributed by atoms with van der Waals surface area (Å²) < 4.78 is 0. The zero-order chi connectivity index (χ0) is 18.0. The Labute approximate surface area is 150 Å². The summed E-state index contributed by atoms with van der Waals surface area (Å²) in [4.78, 5) is 22.5. The average Bonchev–Trinajstić information content (AvgIpc) is 2.98. The van der Waals surface area contributed by atoms with Gasteiger partial charge in [-0.1, -0.05) is 44.2 Å². The molecule has 0 aliphatic carbocycles. The molecule has 0 spiro atoms. The summed E-state index contributed by atoms with van der Waals surface area (Å²) in [5, 5.41) is 13.5. The Morgan fingerprint density at radius 3 is 2.60 bits per heavy atom. The quantitative estimate of drug-likeness (QED) is 0.677. The molecule has 1 unspecified atom stereocenters. The minimum absolute atomic E-state index is 0.273. The third-order valence-electron chi connectivity index (χ3n) is 3.88. The van der Waals surface area contributed by atoms with Crippen molar-refractivity contribution in [1.29, 1.82) is 0 Å². The van der Waals surface area contributed by atoms with Crippen molar-refractivity contribution < 1.29 is 9.90 Å². The van der Waals surface area contributed by atoms with Crippen molar-refractivity contribution >= 4 is 33.3 Å². The minimum atomic E-state index is -0.864. The summed E-state index contributed by atoms with van der Waals surface area (Å²) in [5.41, 5.74) is 1.12. The van der Waals surface area contributed by atoms with Crippen molar-refractivity contribution in [3.63, 3.8) is 0 Å². The van der Waals surface area contributed by atoms with Gasteiger partial charge in [0.05, 0.1) is 5.39 Å². The highest BCUT2D eigenvalue weighted by Crippen LogP contribution is 2.35. The molecule has 5 nitrogen and oxygen atoms in total. The fourth-order valence-electron chi connectivity index (χ4n) is 2.74. The van der Waals surface area contributed by atoms with Crippen molar-refractivity contribution in [2.24, 2.45) is 5.92 Å². The van der Waals surface area contributed by atoms with E-state index in [0.717, 1.165) is 20.7 Å². The van der Waals surface area contributed by atoms with E-state index in [1.807, 2.05) is 45.0 Å². The smallest absolute Gasteiger partial charge is 0.326 e. The Hall–Kier alpha value is -2.47. The van der Waals surface area contributed by atoms with Gasteiger partial charge in [-0.25, -0.2) is 14.8 Å². The van der Waals surface area contributed by atoms with E-state index < -0.39 is 12.0 Å². The molecule has 0 radical (unpaired) electrons. The summed E-state index contributed by atoms with van der Waals surface area (Å²) >= 11 is 1.59. The van der Waals surface area contributed by atoms with E-state index in [4.69, 9.17) is 0 Å². The molecular weight excluding hydrogens is 334 g/mol. The third kappa shape index (κ3) is 3.96. The lowest BCUT2D eigenvalue weighted by atomic mass is 10.0. The van der Waals surface area contributed by atoms with E-state index in [0.29, 0.717) is 18.1 Å². The molecule has 2 aromatic heterocycles. The monoisotopic (exact) mass is 355 g/mol. The lowest BCUT2D eigenvalue weighted by Crippen LogP contribution is -2.31. The number of hydrogen-bond donors (Lipinski definition) is 2. The molecule has 3 aromatic rings. The van der Waals surface area contributed by atoms with Crippen LogP contribution in [0.5, 0.6) is 0 Å². The summed E-state index contributed by atoms with van der Waals surface area (Å²) in [5.74, 6) is 0.630. The molecule has 0 aliphatic rings. The van der Waals surface area contributed by atoms with Crippen LogP contribution >= 0.6 is 11.3 Å². The van der Waals surface area contributed by atoms with E-state index in [2.05, 4.69) is 27.4 Å². The number of aliphatic carboxylic acids is 1. The minimum Gasteiger partial charge on any atom is -0.480 e. The van der Waals surface area contributed by atoms with E-state index in [1.54, 1.807) is 11.3 Å². The second kappa shape index (κ2) is 7.19. The van der Waals surface area contributed by atoms with Crippen LogP contribution in [-0.2, 0) is 4.79 Å². The number of anilines is 1. The number of aryl methyl sites for hydroxylation is 1. The Balaban J connectivity index is 2.02. The second-order valence-corrected chi connectivity index (χ2v) is 7.51. The number of carboxylic acid groups (broad SMARTS) is 1. The fraction of sp³-hybridized carbons (Fsp3) is 0.316. The highest BCUT2D eigenvalue weighted by atomic mass is 32.1. The number of nitrogens with one attached hydrogen (secondary N) is 1. The Bertz CT molecular complexity index is 890. The first kappa shape index (κ1) is 17.4. The van der Waals surface area contributed by atoms with Gasteiger partial charge < -0.3 is 10.4 Å². The molecule has 130 valence electrons. The zero-order valence-electron chi connectivity index (χ0n) is 14.5. The Kier molecular flexibility index (Phi) is 4.99. The number of aromatic nitrogens is 2. The maximum atomic E-state index is 11.6. The summed E-state index contributed by atoms with van der Waals surface area (Å²) in [6.07, 6.45) is 0.537. The van der Waals surface area contributed by atoms with E-state index in [-0.39, 0.29) is 5.92 Å². The molecule has 25 heavy (non-hydrogen) atoms. The van der Waals surface area contributed by atoms with E-state index in [9.17, 15) is 9.90 Å². The van der Waals surface area contributed by atoms with Gasteiger partial charge in [0.2, 0.25) is 0 Å². The molecule has 0 bridgehead atoms. The average molecular weight is 355 g/mol. The predicted octanol–water partition coefficient (Wildman–Crippen LogP) is 4.58. The maximum absolute atomic E-state index is 11.6. The number of hydrogen-bond acceptors (Lipinski definition) is 5. The molecule has 3 rings (SSSR count). The van der Waals surface area contributed by atoms with Gasteiger partial charge in [-0.05, 0) is 30.9 Å². The number of benzene rings is 1. The SMILES string of the molecule is Cc1nc(NC(CC(C)C)C(=O)O)c2cc(-c3ccccc3)sc2n1. The first-order valence-electron chi connectivity index (χ1n) is 8.27. The number of rotatable bonds is 6. The summed E-state index contributed by atoms with van der Waals surface area (Å²) in [6.45, 7) is 5.85. The van der Waals surface area contributed by atoms with Crippen molar-refractivity contribution in [2.45, 2.75) is 33.2 Å². The van der Waals surface area contributed by atoms with Crippen molar-refractivity contribution in [1.82, 2.24) is 9.97 Å². The zero-order valence-corrected chi connectivity index (χ0v) is 15.3. The van der Waals surface area contributed by atoms with Crippen molar-refractivity contribution in [2.75, 3.05) is 5.32 Å². The van der Waals surface area contributed by atoms with Crippen LogP contribution in [0.15, 0.2) is 36.4 Å². The number of nitrogens with zero attached hydrogens (tertiary/aromatic N) is 2. The largest absolute Gasteiger partial charge is 0.480 e. The van der Waals surface area contributed by atoms with Crippen LogP contribution in [0.4, 0.5) is 5.82 Å². The summed E-state index contributed by atoms with van der Waals surface area (Å²) in [7, 11) is 0. The highest BCUT2D eigenvalue weighted by molar-refractivity contribution is 7.21. The molecule has 1 atom stereocenters. The first-order valence-corrected chi connectivity index (χ1v) is 9.08. The van der Waals surface area contributed by atoms with Gasteiger partial charge in [-0.3, -0.25) is 0 Å². The lowest BCUT2D eigenvalue weighted by molar-refractivity contribution is -0.138. The van der Waals surface area contributed by atoms with Gasteiger partial charge in [0, 0.05) is 4.88 Å². The first-order chi connectivity index (χ1) is 11.9. The Morgan fingerprint density at radius 1 is 1.24 bits per heavy atom. The van der Waals surface area contributed by atoms with Gasteiger partial charge in [-0.15, -0.1) is 11.3 Å². The molecule has 0 amide bonds. The van der Waals surface area contributed by atoms with Crippen LogP contribution in [0.1, 0.15) is 26.1 Å². The van der Waals surface area contributed by atoms with Crippen LogP contribution in [0.25, 0.3) is 20.7 Å². The molecule has 1 aromatic carbocycles. The predicted molar refractivity (Wildman–Crippen MR) is 102 cm³/mol. The van der Waals surface area contributed by atoms with Gasteiger partial charge in [-0.2, -0.15) is 0 Å². The Morgan fingerprint density at radius 2 is 1.96 bits per heavy atom. The van der Waals surface area contributed by atoms with Crippen LogP contribution in [0.2, 0.25) is 0 Å². The van der Waals surface area contributed by atoms with Crippen LogP contribution in [0, 0.1) is 12.8 Å². The number of thiophene rings is 1. The molecule has 0 aliphatic heterocycles. The van der Waals surface area contributed by atoms with Crippen molar-refractivity contribution in [3.05, 3.63) is 42.2 Å². The maximum Gasteiger partial charge on any atom is 0.326 e.